The maximum atomic E-state index is 3.50. The number of hydrogen-bond acceptors (Lipinski definition) is 2. The zero-order valence-electron chi connectivity index (χ0n) is 11.8. The number of thioether (sulfide) groups is 1. The van der Waals surface area contributed by atoms with Crippen molar-refractivity contribution in [2.45, 2.75) is 12.3 Å². The van der Waals surface area contributed by atoms with E-state index < -0.39 is 0 Å². The van der Waals surface area contributed by atoms with Crippen LogP contribution in [0.15, 0.2) is 60.7 Å². The first-order valence-corrected chi connectivity index (χ1v) is 7.97. The number of nitrogens with one attached hydrogen (secondary N) is 1. The fourth-order valence-corrected chi connectivity index (χ4v) is 3.37. The summed E-state index contributed by atoms with van der Waals surface area (Å²) in [6.45, 7) is 3.13. The van der Waals surface area contributed by atoms with Gasteiger partial charge in [0.15, 0.2) is 0 Å². The summed E-state index contributed by atoms with van der Waals surface area (Å²) in [7, 11) is 0. The molecule has 0 spiro atoms. The first kappa shape index (κ1) is 15.9. The summed E-state index contributed by atoms with van der Waals surface area (Å²) in [5, 5.41) is 4.81. The van der Waals surface area contributed by atoms with Crippen molar-refractivity contribution in [3.05, 3.63) is 71.8 Å². The van der Waals surface area contributed by atoms with Crippen molar-refractivity contribution >= 4 is 16.9 Å². The lowest BCUT2D eigenvalue weighted by Gasteiger charge is -2.04. The molecule has 0 unspecified atom stereocenters. The molecule has 4 heteroatoms. The zero-order valence-corrected chi connectivity index (χ0v) is 13.4. The van der Waals surface area contributed by atoms with Gasteiger partial charge in [-0.1, -0.05) is 60.7 Å². The van der Waals surface area contributed by atoms with Crippen LogP contribution in [0.1, 0.15) is 11.1 Å². The van der Waals surface area contributed by atoms with E-state index in [0.717, 1.165) is 25.4 Å². The van der Waals surface area contributed by atoms with Crippen molar-refractivity contribution in [1.82, 2.24) is 5.32 Å². The van der Waals surface area contributed by atoms with Crippen LogP contribution in [-0.4, -0.2) is 22.8 Å². The molecule has 0 atom stereocenters. The third-order valence-electron chi connectivity index (χ3n) is 3.38. The third-order valence-corrected chi connectivity index (χ3v) is 4.53. The minimum atomic E-state index is 0. The second kappa shape index (κ2) is 8.11. The molecule has 110 valence electrons. The van der Waals surface area contributed by atoms with Crippen LogP contribution >= 0.6 is 11.8 Å². The van der Waals surface area contributed by atoms with Gasteiger partial charge in [-0.25, -0.2) is 4.58 Å². The molecule has 0 aromatic heterocycles. The maximum Gasteiger partial charge on any atom is 0.307 e. The monoisotopic (exact) mass is 318 g/mol. The summed E-state index contributed by atoms with van der Waals surface area (Å²) < 4.78 is 2.43. The van der Waals surface area contributed by atoms with Crippen LogP contribution < -0.4 is 17.7 Å². The van der Waals surface area contributed by atoms with Gasteiger partial charge in [0.1, 0.15) is 19.6 Å². The van der Waals surface area contributed by atoms with Crippen molar-refractivity contribution in [3.63, 3.8) is 0 Å². The maximum absolute atomic E-state index is 3.50. The van der Waals surface area contributed by atoms with Crippen LogP contribution in [0.5, 0.6) is 0 Å². The van der Waals surface area contributed by atoms with Crippen LogP contribution in [0.2, 0.25) is 0 Å². The van der Waals surface area contributed by atoms with Gasteiger partial charge in [0.25, 0.3) is 0 Å². The SMILES string of the molecule is [Cl-].c1ccc(CSC2=[N+](Cc3ccccc3)CCN2)cc1. The van der Waals surface area contributed by atoms with E-state index in [0.29, 0.717) is 0 Å². The van der Waals surface area contributed by atoms with E-state index >= 15 is 0 Å². The molecule has 1 heterocycles. The van der Waals surface area contributed by atoms with E-state index in [4.69, 9.17) is 0 Å². The molecule has 1 aliphatic rings. The molecule has 0 aliphatic carbocycles. The van der Waals surface area contributed by atoms with Gasteiger partial charge in [0.05, 0.1) is 0 Å². The van der Waals surface area contributed by atoms with E-state index in [1.807, 2.05) is 11.8 Å². The van der Waals surface area contributed by atoms with Gasteiger partial charge < -0.3 is 12.4 Å². The molecule has 1 aliphatic heterocycles. The van der Waals surface area contributed by atoms with Crippen molar-refractivity contribution in [1.29, 1.82) is 0 Å². The summed E-state index contributed by atoms with van der Waals surface area (Å²) in [6, 6.07) is 21.3. The second-order valence-corrected chi connectivity index (χ2v) is 5.88. The first-order chi connectivity index (χ1) is 9.92. The Morgan fingerprint density at radius 1 is 0.905 bits per heavy atom. The smallest absolute Gasteiger partial charge is 0.307 e. The molecular weight excluding hydrogens is 300 g/mol. The molecule has 0 radical (unpaired) electrons. The van der Waals surface area contributed by atoms with E-state index in [1.54, 1.807) is 0 Å². The van der Waals surface area contributed by atoms with Gasteiger partial charge in [-0.05, 0) is 22.9 Å². The first-order valence-electron chi connectivity index (χ1n) is 6.98. The van der Waals surface area contributed by atoms with Crippen LogP contribution in [0.3, 0.4) is 0 Å². The number of hydrogen-bond donors (Lipinski definition) is 1. The average molecular weight is 319 g/mol. The van der Waals surface area contributed by atoms with Gasteiger partial charge in [-0.3, -0.25) is 5.32 Å². The number of nitrogens with zero attached hydrogens (tertiary/aromatic N) is 1. The molecule has 0 saturated heterocycles. The van der Waals surface area contributed by atoms with Gasteiger partial charge in [-0.2, -0.15) is 0 Å². The lowest BCUT2D eigenvalue weighted by Crippen LogP contribution is -3.00. The molecule has 2 aromatic rings. The van der Waals surface area contributed by atoms with Gasteiger partial charge in [0, 0.05) is 5.75 Å². The average Bonchev–Trinajstić information content (AvgIpc) is 2.94. The molecule has 21 heavy (non-hydrogen) atoms. The topological polar surface area (TPSA) is 15.0 Å². The minimum absolute atomic E-state index is 0. The van der Waals surface area contributed by atoms with Crippen molar-refractivity contribution in [3.8, 4) is 0 Å². The Balaban J connectivity index is 0.00000161. The minimum Gasteiger partial charge on any atom is -1.00 e. The fourth-order valence-electron chi connectivity index (χ4n) is 2.33. The Morgan fingerprint density at radius 3 is 2.19 bits per heavy atom. The van der Waals surface area contributed by atoms with Crippen LogP contribution in [0.25, 0.3) is 0 Å². The lowest BCUT2D eigenvalue weighted by molar-refractivity contribution is -0.531. The second-order valence-electron chi connectivity index (χ2n) is 4.91. The standard InChI is InChI=1S/C17H18N2S.ClH/c1-3-7-15(8-4-1)13-19-12-11-18-17(19)20-14-16-9-5-2-6-10-16;/h1-10H,11-14H2;1H. The summed E-state index contributed by atoms with van der Waals surface area (Å²) in [6.07, 6.45) is 0. The number of benzene rings is 2. The van der Waals surface area contributed by atoms with Crippen molar-refractivity contribution in [2.24, 2.45) is 0 Å². The van der Waals surface area contributed by atoms with Crippen LogP contribution in [0.4, 0.5) is 0 Å². The molecule has 2 nitrogen and oxygen atoms in total. The highest BCUT2D eigenvalue weighted by molar-refractivity contribution is 8.12. The van der Waals surface area contributed by atoms with E-state index in [2.05, 4.69) is 70.6 Å². The van der Waals surface area contributed by atoms with Crippen molar-refractivity contribution in [2.75, 3.05) is 13.1 Å². The predicted molar refractivity (Wildman–Crippen MR) is 86.0 cm³/mol. The summed E-state index contributed by atoms with van der Waals surface area (Å²) in [4.78, 5) is 0. The quantitative estimate of drug-likeness (QED) is 0.804. The molecule has 0 amide bonds. The van der Waals surface area contributed by atoms with E-state index in [1.165, 1.54) is 16.3 Å². The van der Waals surface area contributed by atoms with E-state index in [-0.39, 0.29) is 12.4 Å². The molecule has 0 bridgehead atoms. The fraction of sp³-hybridized carbons (Fsp3) is 0.235. The predicted octanol–water partition coefficient (Wildman–Crippen LogP) is 0.0957. The van der Waals surface area contributed by atoms with Gasteiger partial charge in [-0.15, -0.1) is 0 Å². The molecule has 3 rings (SSSR count). The number of rotatable bonds is 4. The number of halogens is 1. The number of amidine groups is 1. The molecule has 0 fully saturated rings. The Morgan fingerprint density at radius 2 is 1.52 bits per heavy atom. The van der Waals surface area contributed by atoms with Crippen LogP contribution in [0, 0.1) is 0 Å². The van der Waals surface area contributed by atoms with Gasteiger partial charge >= 0.3 is 5.17 Å². The largest absolute Gasteiger partial charge is 1.00 e. The van der Waals surface area contributed by atoms with Gasteiger partial charge in [0.2, 0.25) is 0 Å². The normalized spacial score (nSPS) is 13.7. The van der Waals surface area contributed by atoms with Crippen LogP contribution in [-0.2, 0) is 12.3 Å². The summed E-state index contributed by atoms with van der Waals surface area (Å²) in [5.41, 5.74) is 2.74. The summed E-state index contributed by atoms with van der Waals surface area (Å²) in [5.74, 6) is 1.02. The third kappa shape index (κ3) is 4.51. The Kier molecular flexibility index (Phi) is 6.15. The molecular formula is C17H19ClN2S. The lowest BCUT2D eigenvalue weighted by atomic mass is 10.2. The highest BCUT2D eigenvalue weighted by atomic mass is 35.5. The van der Waals surface area contributed by atoms with Crippen molar-refractivity contribution < 1.29 is 17.0 Å². The molecule has 2 aromatic carbocycles. The zero-order chi connectivity index (χ0) is 13.6. The van der Waals surface area contributed by atoms with E-state index in [9.17, 15) is 0 Å². The summed E-state index contributed by atoms with van der Waals surface area (Å²) >= 11 is 1.90. The molecule has 1 N–H and O–H groups in total. The Bertz CT molecular complexity index is 584. The Labute approximate surface area is 136 Å². The highest BCUT2D eigenvalue weighted by Gasteiger charge is 2.21. The highest BCUT2D eigenvalue weighted by Crippen LogP contribution is 2.15. The molecule has 0 saturated carbocycles. The Hall–Kier alpha value is -1.45.